The van der Waals surface area contributed by atoms with Crippen molar-refractivity contribution in [1.82, 2.24) is 4.90 Å². The standard InChI is InChI=1S/C23H31N3O3/c1-5-17(4)29-21-13-9-11-19(15-21)24-16-22(27)25-20-12-8-10-18(14-20)23(28)26(6-2)7-3/h8-15,17,24H,5-7,16H2,1-4H3,(H,25,27). The van der Waals surface area contributed by atoms with Crippen LogP contribution in [-0.2, 0) is 4.79 Å². The van der Waals surface area contributed by atoms with Gasteiger partial charge in [-0.1, -0.05) is 19.1 Å². The summed E-state index contributed by atoms with van der Waals surface area (Å²) < 4.78 is 5.80. The van der Waals surface area contributed by atoms with E-state index in [1.165, 1.54) is 0 Å². The van der Waals surface area contributed by atoms with Crippen molar-refractivity contribution in [3.63, 3.8) is 0 Å². The lowest BCUT2D eigenvalue weighted by Gasteiger charge is -2.19. The Hall–Kier alpha value is -3.02. The highest BCUT2D eigenvalue weighted by Crippen LogP contribution is 2.19. The van der Waals surface area contributed by atoms with Gasteiger partial charge in [-0.05, 0) is 57.5 Å². The highest BCUT2D eigenvalue weighted by atomic mass is 16.5. The molecular formula is C23H31N3O3. The molecule has 0 saturated heterocycles. The number of rotatable bonds is 10. The Bertz CT molecular complexity index is 819. The first-order valence-corrected chi connectivity index (χ1v) is 10.2. The molecule has 2 N–H and O–H groups in total. The van der Waals surface area contributed by atoms with Crippen molar-refractivity contribution in [3.05, 3.63) is 54.1 Å². The van der Waals surface area contributed by atoms with Gasteiger partial charge in [0.05, 0.1) is 12.6 Å². The molecule has 0 spiro atoms. The molecule has 0 bridgehead atoms. The van der Waals surface area contributed by atoms with Crippen LogP contribution in [0.1, 0.15) is 44.5 Å². The normalized spacial score (nSPS) is 11.4. The molecule has 0 saturated carbocycles. The number of anilines is 2. The van der Waals surface area contributed by atoms with Crippen LogP contribution in [0.3, 0.4) is 0 Å². The molecule has 2 rings (SSSR count). The second-order valence-electron chi connectivity index (χ2n) is 6.82. The van der Waals surface area contributed by atoms with E-state index >= 15 is 0 Å². The smallest absolute Gasteiger partial charge is 0.253 e. The number of hydrogen-bond acceptors (Lipinski definition) is 4. The highest BCUT2D eigenvalue weighted by molar-refractivity contribution is 5.98. The minimum atomic E-state index is -0.189. The average Bonchev–Trinajstić information content (AvgIpc) is 2.73. The van der Waals surface area contributed by atoms with Crippen LogP contribution in [0.5, 0.6) is 5.75 Å². The van der Waals surface area contributed by atoms with Gasteiger partial charge in [-0.2, -0.15) is 0 Å². The third-order valence-electron chi connectivity index (χ3n) is 4.64. The van der Waals surface area contributed by atoms with E-state index in [0.29, 0.717) is 24.3 Å². The van der Waals surface area contributed by atoms with Crippen molar-refractivity contribution in [2.45, 2.75) is 40.2 Å². The molecule has 0 aliphatic carbocycles. The van der Waals surface area contributed by atoms with E-state index in [1.54, 1.807) is 29.2 Å². The Morgan fingerprint density at radius 2 is 1.69 bits per heavy atom. The fourth-order valence-corrected chi connectivity index (χ4v) is 2.81. The van der Waals surface area contributed by atoms with Crippen LogP contribution in [0.4, 0.5) is 11.4 Å². The summed E-state index contributed by atoms with van der Waals surface area (Å²) in [6, 6.07) is 14.6. The lowest BCUT2D eigenvalue weighted by molar-refractivity contribution is -0.114. The van der Waals surface area contributed by atoms with Crippen LogP contribution in [-0.4, -0.2) is 42.5 Å². The maximum absolute atomic E-state index is 12.5. The number of nitrogens with one attached hydrogen (secondary N) is 2. The van der Waals surface area contributed by atoms with E-state index in [9.17, 15) is 9.59 Å². The van der Waals surface area contributed by atoms with E-state index < -0.39 is 0 Å². The number of hydrogen-bond donors (Lipinski definition) is 2. The van der Waals surface area contributed by atoms with E-state index in [1.807, 2.05) is 45.0 Å². The van der Waals surface area contributed by atoms with Crippen molar-refractivity contribution in [2.24, 2.45) is 0 Å². The number of nitrogens with zero attached hydrogens (tertiary/aromatic N) is 1. The van der Waals surface area contributed by atoms with Crippen molar-refractivity contribution in [3.8, 4) is 5.75 Å². The lowest BCUT2D eigenvalue weighted by atomic mass is 10.1. The van der Waals surface area contributed by atoms with Crippen LogP contribution >= 0.6 is 0 Å². The van der Waals surface area contributed by atoms with E-state index in [0.717, 1.165) is 17.9 Å². The molecule has 0 radical (unpaired) electrons. The number of carbonyl (C=O) groups excluding carboxylic acids is 2. The molecule has 6 heteroatoms. The quantitative estimate of drug-likeness (QED) is 0.623. The van der Waals surface area contributed by atoms with Crippen molar-refractivity contribution >= 4 is 23.2 Å². The second-order valence-corrected chi connectivity index (χ2v) is 6.82. The predicted octanol–water partition coefficient (Wildman–Crippen LogP) is 4.40. The van der Waals surface area contributed by atoms with E-state index in [-0.39, 0.29) is 24.5 Å². The number of ether oxygens (including phenoxy) is 1. The molecule has 1 atom stereocenters. The summed E-state index contributed by atoms with van der Waals surface area (Å²) in [6.45, 7) is 9.39. The Labute approximate surface area is 173 Å². The molecule has 2 amide bonds. The van der Waals surface area contributed by atoms with Gasteiger partial charge in [0.25, 0.3) is 5.91 Å². The molecule has 156 valence electrons. The monoisotopic (exact) mass is 397 g/mol. The molecule has 2 aromatic carbocycles. The molecule has 2 aromatic rings. The van der Waals surface area contributed by atoms with Crippen LogP contribution in [0.25, 0.3) is 0 Å². The summed E-state index contributed by atoms with van der Waals surface area (Å²) in [7, 11) is 0. The minimum Gasteiger partial charge on any atom is -0.491 e. The summed E-state index contributed by atoms with van der Waals surface area (Å²) in [5.41, 5.74) is 1.98. The SMILES string of the molecule is CCC(C)Oc1cccc(NCC(=O)Nc2cccc(C(=O)N(CC)CC)c2)c1. The molecule has 0 aliphatic heterocycles. The molecule has 6 nitrogen and oxygen atoms in total. The lowest BCUT2D eigenvalue weighted by Crippen LogP contribution is -2.30. The highest BCUT2D eigenvalue weighted by Gasteiger charge is 2.13. The summed E-state index contributed by atoms with van der Waals surface area (Å²) >= 11 is 0. The van der Waals surface area contributed by atoms with Crippen LogP contribution in [0, 0.1) is 0 Å². The zero-order chi connectivity index (χ0) is 21.2. The number of amides is 2. The Morgan fingerprint density at radius 1 is 1.00 bits per heavy atom. The first-order valence-electron chi connectivity index (χ1n) is 10.2. The number of carbonyl (C=O) groups is 2. The maximum atomic E-state index is 12.5. The zero-order valence-corrected chi connectivity index (χ0v) is 17.7. The predicted molar refractivity (Wildman–Crippen MR) is 118 cm³/mol. The molecular weight excluding hydrogens is 366 g/mol. The van der Waals surface area contributed by atoms with Gasteiger partial charge in [-0.3, -0.25) is 9.59 Å². The van der Waals surface area contributed by atoms with Gasteiger partial charge in [-0.15, -0.1) is 0 Å². The van der Waals surface area contributed by atoms with Gasteiger partial charge >= 0.3 is 0 Å². The third-order valence-corrected chi connectivity index (χ3v) is 4.64. The van der Waals surface area contributed by atoms with Gasteiger partial charge in [0.15, 0.2) is 0 Å². The summed E-state index contributed by atoms with van der Waals surface area (Å²) in [5.74, 6) is 0.542. The average molecular weight is 398 g/mol. The van der Waals surface area contributed by atoms with Gasteiger partial charge in [-0.25, -0.2) is 0 Å². The Balaban J connectivity index is 1.94. The maximum Gasteiger partial charge on any atom is 0.253 e. The topological polar surface area (TPSA) is 70.7 Å². The first-order chi connectivity index (χ1) is 14.0. The molecule has 1 unspecified atom stereocenters. The fraction of sp³-hybridized carbons (Fsp3) is 0.391. The van der Waals surface area contributed by atoms with Crippen LogP contribution in [0.2, 0.25) is 0 Å². The zero-order valence-electron chi connectivity index (χ0n) is 17.7. The van der Waals surface area contributed by atoms with Crippen molar-refractivity contribution < 1.29 is 14.3 Å². The van der Waals surface area contributed by atoms with E-state index in [4.69, 9.17) is 4.74 Å². The third kappa shape index (κ3) is 6.82. The largest absolute Gasteiger partial charge is 0.491 e. The van der Waals surface area contributed by atoms with Gasteiger partial charge in [0.2, 0.25) is 5.91 Å². The van der Waals surface area contributed by atoms with E-state index in [2.05, 4.69) is 17.6 Å². The Kier molecular flexibility index (Phi) is 8.52. The fourth-order valence-electron chi connectivity index (χ4n) is 2.81. The summed E-state index contributed by atoms with van der Waals surface area (Å²) in [5, 5.41) is 5.94. The summed E-state index contributed by atoms with van der Waals surface area (Å²) in [6.07, 6.45) is 1.07. The van der Waals surface area contributed by atoms with Crippen molar-refractivity contribution in [1.29, 1.82) is 0 Å². The second kappa shape index (κ2) is 11.1. The van der Waals surface area contributed by atoms with Gasteiger partial charge < -0.3 is 20.3 Å². The first kappa shape index (κ1) is 22.3. The molecule has 0 fully saturated rings. The van der Waals surface area contributed by atoms with Crippen LogP contribution in [0.15, 0.2) is 48.5 Å². The molecule has 0 aliphatic rings. The van der Waals surface area contributed by atoms with Gasteiger partial charge in [0, 0.05) is 36.1 Å². The van der Waals surface area contributed by atoms with Crippen molar-refractivity contribution in [2.75, 3.05) is 30.3 Å². The minimum absolute atomic E-state index is 0.0395. The van der Waals surface area contributed by atoms with Crippen LogP contribution < -0.4 is 15.4 Å². The summed E-state index contributed by atoms with van der Waals surface area (Å²) in [4.78, 5) is 26.5. The molecule has 29 heavy (non-hydrogen) atoms. The van der Waals surface area contributed by atoms with Gasteiger partial charge in [0.1, 0.15) is 5.75 Å². The molecule has 0 heterocycles. The number of benzene rings is 2. The Morgan fingerprint density at radius 3 is 2.38 bits per heavy atom. The molecule has 0 aromatic heterocycles.